The summed E-state index contributed by atoms with van der Waals surface area (Å²) in [5.74, 6) is 1.74. The van der Waals surface area contributed by atoms with Gasteiger partial charge in [-0.1, -0.05) is 17.3 Å². The van der Waals surface area contributed by atoms with Gasteiger partial charge in [0.15, 0.2) is 5.82 Å². The zero-order chi connectivity index (χ0) is 13.1. The van der Waals surface area contributed by atoms with Crippen LogP contribution in [0.25, 0.3) is 11.0 Å². The Bertz CT molecular complexity index is 659. The minimum atomic E-state index is 0.720. The molecule has 2 heterocycles. The van der Waals surface area contributed by atoms with Crippen molar-refractivity contribution in [2.45, 2.75) is 13.0 Å². The number of imidazole rings is 1. The molecule has 2 aromatic heterocycles. The van der Waals surface area contributed by atoms with E-state index in [1.807, 2.05) is 25.2 Å². The second-order valence-electron chi connectivity index (χ2n) is 4.35. The Morgan fingerprint density at radius 2 is 2.21 bits per heavy atom. The van der Waals surface area contributed by atoms with Gasteiger partial charge in [-0.2, -0.15) is 4.98 Å². The van der Waals surface area contributed by atoms with E-state index in [-0.39, 0.29) is 0 Å². The summed E-state index contributed by atoms with van der Waals surface area (Å²) < 4.78 is 6.79. The van der Waals surface area contributed by atoms with Crippen LogP contribution in [-0.4, -0.2) is 26.2 Å². The molecule has 1 N–H and O–H groups in total. The van der Waals surface area contributed by atoms with Gasteiger partial charge in [0.05, 0.1) is 17.6 Å². The van der Waals surface area contributed by atoms with Crippen LogP contribution in [0.1, 0.15) is 11.6 Å². The number of aryl methyl sites for hydroxylation is 1. The molecule has 19 heavy (non-hydrogen) atoms. The van der Waals surface area contributed by atoms with Crippen molar-refractivity contribution >= 4 is 11.0 Å². The van der Waals surface area contributed by atoms with Gasteiger partial charge in [0.25, 0.3) is 0 Å². The fourth-order valence-electron chi connectivity index (χ4n) is 2.06. The molecule has 3 aromatic rings. The number of para-hydroxylation sites is 2. The topological polar surface area (TPSA) is 68.8 Å². The zero-order valence-corrected chi connectivity index (χ0v) is 10.7. The van der Waals surface area contributed by atoms with E-state index in [1.165, 1.54) is 6.39 Å². The van der Waals surface area contributed by atoms with E-state index in [1.54, 1.807) is 0 Å². The normalized spacial score (nSPS) is 11.2. The lowest BCUT2D eigenvalue weighted by Gasteiger charge is -2.03. The second-order valence-corrected chi connectivity index (χ2v) is 4.35. The molecular formula is C13H15N5O. The van der Waals surface area contributed by atoms with Gasteiger partial charge in [0.2, 0.25) is 6.39 Å². The third kappa shape index (κ3) is 2.48. The lowest BCUT2D eigenvalue weighted by molar-refractivity contribution is 0.409. The highest BCUT2D eigenvalue weighted by Crippen LogP contribution is 2.13. The van der Waals surface area contributed by atoms with Gasteiger partial charge in [0.1, 0.15) is 5.82 Å². The van der Waals surface area contributed by atoms with Crippen LogP contribution in [0.5, 0.6) is 0 Å². The summed E-state index contributed by atoms with van der Waals surface area (Å²) in [5, 5.41) is 7.10. The standard InChI is InChI=1S/C13H15N5O/c1-18-11-5-3-2-4-10(11)16-13(18)8-14-7-6-12-15-9-19-17-12/h2-5,9,14H,6-8H2,1H3. The second kappa shape index (κ2) is 5.19. The maximum atomic E-state index is 4.68. The first-order chi connectivity index (χ1) is 9.34. The molecule has 0 radical (unpaired) electrons. The highest BCUT2D eigenvalue weighted by Gasteiger charge is 2.06. The number of benzene rings is 1. The van der Waals surface area contributed by atoms with Crippen LogP contribution in [0, 0.1) is 0 Å². The number of hydrogen-bond donors (Lipinski definition) is 1. The van der Waals surface area contributed by atoms with Crippen LogP contribution in [0.3, 0.4) is 0 Å². The van der Waals surface area contributed by atoms with Gasteiger partial charge in [-0.3, -0.25) is 0 Å². The summed E-state index contributed by atoms with van der Waals surface area (Å²) in [6.07, 6.45) is 2.10. The summed E-state index contributed by atoms with van der Waals surface area (Å²) in [6.45, 7) is 1.52. The van der Waals surface area contributed by atoms with E-state index in [9.17, 15) is 0 Å². The average molecular weight is 257 g/mol. The molecule has 1 aromatic carbocycles. The molecule has 98 valence electrons. The van der Waals surface area contributed by atoms with E-state index < -0.39 is 0 Å². The molecule has 0 aliphatic carbocycles. The largest absolute Gasteiger partial charge is 0.343 e. The van der Waals surface area contributed by atoms with Crippen LogP contribution in [0.4, 0.5) is 0 Å². The third-order valence-electron chi connectivity index (χ3n) is 3.10. The Morgan fingerprint density at radius 3 is 3.00 bits per heavy atom. The molecule has 0 saturated heterocycles. The highest BCUT2D eigenvalue weighted by atomic mass is 16.5. The van der Waals surface area contributed by atoms with Gasteiger partial charge in [-0.25, -0.2) is 4.98 Å². The molecule has 6 nitrogen and oxygen atoms in total. The number of nitrogens with one attached hydrogen (secondary N) is 1. The Labute approximate surface area is 110 Å². The molecule has 0 amide bonds. The van der Waals surface area contributed by atoms with Crippen molar-refractivity contribution in [1.82, 2.24) is 25.0 Å². The Morgan fingerprint density at radius 1 is 1.32 bits per heavy atom. The van der Waals surface area contributed by atoms with Crippen molar-refractivity contribution in [3.8, 4) is 0 Å². The van der Waals surface area contributed by atoms with E-state index in [0.717, 1.165) is 42.2 Å². The lowest BCUT2D eigenvalue weighted by atomic mass is 10.3. The van der Waals surface area contributed by atoms with Crippen molar-refractivity contribution in [2.24, 2.45) is 7.05 Å². The molecule has 0 atom stereocenters. The summed E-state index contributed by atoms with van der Waals surface area (Å²) in [7, 11) is 2.03. The van der Waals surface area contributed by atoms with Crippen molar-refractivity contribution in [3.05, 3.63) is 42.3 Å². The summed E-state index contributed by atoms with van der Waals surface area (Å²) in [4.78, 5) is 8.57. The van der Waals surface area contributed by atoms with E-state index in [0.29, 0.717) is 0 Å². The third-order valence-corrected chi connectivity index (χ3v) is 3.10. The number of nitrogens with zero attached hydrogens (tertiary/aromatic N) is 4. The van der Waals surface area contributed by atoms with Crippen molar-refractivity contribution in [1.29, 1.82) is 0 Å². The monoisotopic (exact) mass is 257 g/mol. The minimum Gasteiger partial charge on any atom is -0.343 e. The molecule has 0 spiro atoms. The van der Waals surface area contributed by atoms with Gasteiger partial charge < -0.3 is 14.4 Å². The zero-order valence-electron chi connectivity index (χ0n) is 10.7. The van der Waals surface area contributed by atoms with Crippen molar-refractivity contribution in [3.63, 3.8) is 0 Å². The maximum absolute atomic E-state index is 4.68. The first kappa shape index (κ1) is 11.9. The SMILES string of the molecule is Cn1c(CNCCc2ncon2)nc2ccccc21. The van der Waals surface area contributed by atoms with Crippen LogP contribution in [0.2, 0.25) is 0 Å². The smallest absolute Gasteiger partial charge is 0.213 e. The summed E-state index contributed by atoms with van der Waals surface area (Å²) >= 11 is 0. The van der Waals surface area contributed by atoms with Gasteiger partial charge in [0, 0.05) is 20.0 Å². The molecule has 0 saturated carbocycles. The van der Waals surface area contributed by atoms with Crippen LogP contribution >= 0.6 is 0 Å². The first-order valence-electron chi connectivity index (χ1n) is 6.21. The van der Waals surface area contributed by atoms with Crippen molar-refractivity contribution in [2.75, 3.05) is 6.54 Å². The van der Waals surface area contributed by atoms with Gasteiger partial charge in [-0.05, 0) is 12.1 Å². The quantitative estimate of drug-likeness (QED) is 0.697. The molecule has 0 aliphatic rings. The van der Waals surface area contributed by atoms with Gasteiger partial charge in [-0.15, -0.1) is 0 Å². The number of hydrogen-bond acceptors (Lipinski definition) is 5. The predicted octanol–water partition coefficient (Wildman–Crippen LogP) is 1.29. The highest BCUT2D eigenvalue weighted by molar-refractivity contribution is 5.75. The molecular weight excluding hydrogens is 242 g/mol. The summed E-state index contributed by atoms with van der Waals surface area (Å²) in [6, 6.07) is 8.13. The minimum absolute atomic E-state index is 0.720. The molecule has 0 bridgehead atoms. The number of rotatable bonds is 5. The van der Waals surface area contributed by atoms with Gasteiger partial charge >= 0.3 is 0 Å². The van der Waals surface area contributed by atoms with E-state index in [2.05, 4.69) is 35.6 Å². The van der Waals surface area contributed by atoms with Crippen LogP contribution < -0.4 is 5.32 Å². The molecule has 0 aliphatic heterocycles. The van der Waals surface area contributed by atoms with E-state index in [4.69, 9.17) is 0 Å². The number of aromatic nitrogens is 4. The maximum Gasteiger partial charge on any atom is 0.213 e. The fraction of sp³-hybridized carbons (Fsp3) is 0.308. The average Bonchev–Trinajstić information content (AvgIpc) is 3.04. The summed E-state index contributed by atoms with van der Waals surface area (Å²) in [5.41, 5.74) is 2.18. The molecule has 6 heteroatoms. The van der Waals surface area contributed by atoms with E-state index >= 15 is 0 Å². The molecule has 0 fully saturated rings. The van der Waals surface area contributed by atoms with Crippen molar-refractivity contribution < 1.29 is 4.52 Å². The first-order valence-corrected chi connectivity index (χ1v) is 6.21. The fourth-order valence-corrected chi connectivity index (χ4v) is 2.06. The lowest BCUT2D eigenvalue weighted by Crippen LogP contribution is -2.19. The molecule has 3 rings (SSSR count). The van der Waals surface area contributed by atoms with Crippen LogP contribution in [0.15, 0.2) is 35.2 Å². The number of fused-ring (bicyclic) bond motifs is 1. The Balaban J connectivity index is 1.61. The Hall–Kier alpha value is -2.21. The molecule has 0 unspecified atom stereocenters. The Kier molecular flexibility index (Phi) is 3.24. The van der Waals surface area contributed by atoms with Crippen LogP contribution in [-0.2, 0) is 20.0 Å². The predicted molar refractivity (Wildman–Crippen MR) is 70.4 cm³/mol.